The fourth-order valence-corrected chi connectivity index (χ4v) is 3.57. The Morgan fingerprint density at radius 2 is 1.52 bits per heavy atom. The van der Waals surface area contributed by atoms with Crippen molar-refractivity contribution in [2.75, 3.05) is 5.32 Å². The van der Waals surface area contributed by atoms with E-state index < -0.39 is 0 Å². The van der Waals surface area contributed by atoms with E-state index >= 15 is 0 Å². The van der Waals surface area contributed by atoms with E-state index in [9.17, 15) is 0 Å². The van der Waals surface area contributed by atoms with Crippen molar-refractivity contribution in [1.29, 1.82) is 0 Å². The normalized spacial score (nSPS) is 10.9. The maximum Gasteiger partial charge on any atom is 0.226 e. The fourth-order valence-electron chi connectivity index (χ4n) is 3.57. The van der Waals surface area contributed by atoms with Crippen molar-refractivity contribution in [3.05, 3.63) is 103 Å². The third-order valence-corrected chi connectivity index (χ3v) is 5.21. The second-order valence-corrected chi connectivity index (χ2v) is 7.43. The number of aromatic nitrogens is 4. The number of nitrogens with zero attached hydrogens (tertiary/aromatic N) is 4. The summed E-state index contributed by atoms with van der Waals surface area (Å²) in [6.07, 6.45) is 3.39. The summed E-state index contributed by atoms with van der Waals surface area (Å²) in [7, 11) is 0. The molecule has 0 bridgehead atoms. The van der Waals surface area contributed by atoms with Crippen LogP contribution in [0.2, 0.25) is 0 Å². The first-order chi connectivity index (χ1) is 15.2. The lowest BCUT2D eigenvalue weighted by Gasteiger charge is -2.08. The Kier molecular flexibility index (Phi) is 5.07. The van der Waals surface area contributed by atoms with Gasteiger partial charge in [-0.05, 0) is 52.6 Å². The zero-order valence-electron chi connectivity index (χ0n) is 17.2. The van der Waals surface area contributed by atoms with Gasteiger partial charge in [0.2, 0.25) is 5.95 Å². The lowest BCUT2D eigenvalue weighted by atomic mass is 10.0. The molecule has 5 aromatic rings. The van der Waals surface area contributed by atoms with E-state index in [0.29, 0.717) is 18.3 Å². The van der Waals surface area contributed by atoms with Crippen LogP contribution < -0.4 is 5.32 Å². The van der Waals surface area contributed by atoms with Crippen LogP contribution in [0.3, 0.4) is 0 Å². The second-order valence-electron chi connectivity index (χ2n) is 7.43. The van der Waals surface area contributed by atoms with Crippen molar-refractivity contribution in [2.24, 2.45) is 0 Å². The lowest BCUT2D eigenvalue weighted by Crippen LogP contribution is -2.05. The molecule has 150 valence electrons. The predicted octanol–water partition coefficient (Wildman–Crippen LogP) is 5.67. The standard InChI is InChI=1S/C26H21N5/c1-18-14-23(12-13-27-18)21-8-6-19(7-9-21)16-28-26-30-17-29-25(31-26)24-11-10-20-4-2-3-5-22(20)15-24/h2-15,17H,16H2,1H3,(H,28,29,30,31). The first-order valence-corrected chi connectivity index (χ1v) is 10.2. The van der Waals surface area contributed by atoms with Crippen LogP contribution in [0.1, 0.15) is 11.3 Å². The average molecular weight is 403 g/mol. The highest BCUT2D eigenvalue weighted by atomic mass is 15.1. The molecule has 0 saturated carbocycles. The number of fused-ring (bicyclic) bond motifs is 1. The number of hydrogen-bond acceptors (Lipinski definition) is 5. The van der Waals surface area contributed by atoms with Crippen LogP contribution in [0.5, 0.6) is 0 Å². The van der Waals surface area contributed by atoms with Crippen LogP contribution in [0.4, 0.5) is 5.95 Å². The smallest absolute Gasteiger partial charge is 0.226 e. The van der Waals surface area contributed by atoms with Crippen LogP contribution in [0.25, 0.3) is 33.3 Å². The Morgan fingerprint density at radius 3 is 2.35 bits per heavy atom. The molecule has 0 aliphatic rings. The highest BCUT2D eigenvalue weighted by Gasteiger charge is 2.06. The molecule has 0 aliphatic heterocycles. The van der Waals surface area contributed by atoms with Gasteiger partial charge in [-0.25, -0.2) is 9.97 Å². The van der Waals surface area contributed by atoms with Crippen molar-refractivity contribution in [3.63, 3.8) is 0 Å². The highest BCUT2D eigenvalue weighted by Crippen LogP contribution is 2.23. The molecule has 0 saturated heterocycles. The van der Waals surface area contributed by atoms with Crippen LogP contribution in [0, 0.1) is 6.92 Å². The number of hydrogen-bond donors (Lipinski definition) is 1. The number of nitrogens with one attached hydrogen (secondary N) is 1. The van der Waals surface area contributed by atoms with Gasteiger partial charge in [0.15, 0.2) is 5.82 Å². The van der Waals surface area contributed by atoms with Crippen molar-refractivity contribution >= 4 is 16.7 Å². The minimum absolute atomic E-state index is 0.562. The van der Waals surface area contributed by atoms with E-state index in [2.05, 4.69) is 79.9 Å². The molecular formula is C26H21N5. The van der Waals surface area contributed by atoms with Crippen LogP contribution >= 0.6 is 0 Å². The first-order valence-electron chi connectivity index (χ1n) is 10.2. The summed E-state index contributed by atoms with van der Waals surface area (Å²) in [5.41, 5.74) is 5.49. The van der Waals surface area contributed by atoms with Gasteiger partial charge in [0.1, 0.15) is 6.33 Å². The van der Waals surface area contributed by atoms with Crippen molar-refractivity contribution in [2.45, 2.75) is 13.5 Å². The van der Waals surface area contributed by atoms with Crippen molar-refractivity contribution in [3.8, 4) is 22.5 Å². The van der Waals surface area contributed by atoms with Crippen LogP contribution in [-0.2, 0) is 6.54 Å². The Balaban J connectivity index is 1.30. The Morgan fingerprint density at radius 1 is 0.710 bits per heavy atom. The van der Waals surface area contributed by atoms with E-state index in [-0.39, 0.29) is 0 Å². The van der Waals surface area contributed by atoms with E-state index in [1.54, 1.807) is 6.33 Å². The second kappa shape index (κ2) is 8.32. The van der Waals surface area contributed by atoms with Gasteiger partial charge in [-0.2, -0.15) is 4.98 Å². The molecule has 0 amide bonds. The topological polar surface area (TPSA) is 63.6 Å². The first kappa shape index (κ1) is 18.9. The SMILES string of the molecule is Cc1cc(-c2ccc(CNc3ncnc(-c4ccc5ccccc5c4)n3)cc2)ccn1. The predicted molar refractivity (Wildman–Crippen MR) is 125 cm³/mol. The summed E-state index contributed by atoms with van der Waals surface area (Å²) in [4.78, 5) is 17.5. The molecule has 31 heavy (non-hydrogen) atoms. The van der Waals surface area contributed by atoms with Crippen molar-refractivity contribution < 1.29 is 0 Å². The van der Waals surface area contributed by atoms with Gasteiger partial charge in [0.05, 0.1) is 0 Å². The summed E-state index contributed by atoms with van der Waals surface area (Å²) < 4.78 is 0. The van der Waals surface area contributed by atoms with Crippen LogP contribution in [0.15, 0.2) is 91.4 Å². The third-order valence-electron chi connectivity index (χ3n) is 5.21. The van der Waals surface area contributed by atoms with Gasteiger partial charge in [-0.3, -0.25) is 4.98 Å². The van der Waals surface area contributed by atoms with Gasteiger partial charge in [-0.1, -0.05) is 60.7 Å². The Bertz CT molecular complexity index is 1350. The average Bonchev–Trinajstić information content (AvgIpc) is 2.83. The number of pyridine rings is 1. The maximum atomic E-state index is 4.60. The van der Waals surface area contributed by atoms with Gasteiger partial charge in [-0.15, -0.1) is 0 Å². The molecule has 3 aromatic carbocycles. The number of rotatable bonds is 5. The molecule has 0 fully saturated rings. The largest absolute Gasteiger partial charge is 0.350 e. The van der Waals surface area contributed by atoms with E-state index in [4.69, 9.17) is 0 Å². The summed E-state index contributed by atoms with van der Waals surface area (Å²) in [5, 5.41) is 5.67. The summed E-state index contributed by atoms with van der Waals surface area (Å²) in [6, 6.07) is 27.1. The lowest BCUT2D eigenvalue weighted by molar-refractivity contribution is 1.01. The minimum atomic E-state index is 0.562. The Labute approximate surface area is 180 Å². The summed E-state index contributed by atoms with van der Waals surface area (Å²) >= 11 is 0. The monoisotopic (exact) mass is 403 g/mol. The van der Waals surface area contributed by atoms with Gasteiger partial charge >= 0.3 is 0 Å². The van der Waals surface area contributed by atoms with E-state index in [0.717, 1.165) is 16.8 Å². The van der Waals surface area contributed by atoms with E-state index in [1.807, 2.05) is 37.4 Å². The summed E-state index contributed by atoms with van der Waals surface area (Å²) in [6.45, 7) is 2.64. The zero-order valence-corrected chi connectivity index (χ0v) is 17.2. The highest BCUT2D eigenvalue weighted by molar-refractivity contribution is 5.86. The molecule has 1 N–H and O–H groups in total. The van der Waals surface area contributed by atoms with Crippen molar-refractivity contribution in [1.82, 2.24) is 19.9 Å². The quantitative estimate of drug-likeness (QED) is 0.409. The molecule has 5 heteroatoms. The van der Waals surface area contributed by atoms with E-state index in [1.165, 1.54) is 21.9 Å². The molecule has 0 unspecified atom stereocenters. The zero-order chi connectivity index (χ0) is 21.0. The molecule has 5 rings (SSSR count). The number of benzene rings is 3. The third kappa shape index (κ3) is 4.26. The molecule has 2 heterocycles. The molecule has 0 spiro atoms. The number of anilines is 1. The molecule has 2 aromatic heterocycles. The van der Waals surface area contributed by atoms with Gasteiger partial charge in [0.25, 0.3) is 0 Å². The molecule has 5 nitrogen and oxygen atoms in total. The minimum Gasteiger partial charge on any atom is -0.350 e. The molecular weight excluding hydrogens is 382 g/mol. The molecule has 0 aliphatic carbocycles. The Hall–Kier alpha value is -4.12. The molecule has 0 radical (unpaired) electrons. The molecule has 0 atom stereocenters. The summed E-state index contributed by atoms with van der Waals surface area (Å²) in [5.74, 6) is 1.22. The van der Waals surface area contributed by atoms with Gasteiger partial charge in [0, 0.05) is 24.0 Å². The van der Waals surface area contributed by atoms with Gasteiger partial charge < -0.3 is 5.32 Å². The maximum absolute atomic E-state index is 4.60. The fraction of sp³-hybridized carbons (Fsp3) is 0.0769. The number of aryl methyl sites for hydroxylation is 1. The van der Waals surface area contributed by atoms with Crippen LogP contribution in [-0.4, -0.2) is 19.9 Å².